The van der Waals surface area contributed by atoms with Crippen molar-refractivity contribution in [1.29, 1.82) is 0 Å². The van der Waals surface area contributed by atoms with Crippen LogP contribution in [0.4, 0.5) is 4.79 Å². The van der Waals surface area contributed by atoms with Crippen LogP contribution in [0.1, 0.15) is 25.7 Å². The molecule has 7 heteroatoms. The summed E-state index contributed by atoms with van der Waals surface area (Å²) in [6, 6.07) is -0.0303. The maximum Gasteiger partial charge on any atom is 0.306 e. The molecular weight excluding hydrogens is 268 g/mol. The fourth-order valence-electron chi connectivity index (χ4n) is 2.50. The zero-order valence-electron chi connectivity index (χ0n) is 10.6. The highest BCUT2D eigenvalue weighted by atomic mass is 32.2. The van der Waals surface area contributed by atoms with Crippen molar-refractivity contribution >= 4 is 28.9 Å². The molecule has 1 aliphatic heterocycles. The van der Waals surface area contributed by atoms with Gasteiger partial charge in [-0.3, -0.25) is 14.4 Å². The van der Waals surface area contributed by atoms with E-state index >= 15 is 0 Å². The molecule has 0 bridgehead atoms. The van der Waals surface area contributed by atoms with E-state index in [1.807, 2.05) is 0 Å². The molecule has 106 valence electrons. The van der Waals surface area contributed by atoms with Crippen LogP contribution in [-0.2, 0) is 9.59 Å². The van der Waals surface area contributed by atoms with E-state index in [-0.39, 0.29) is 23.1 Å². The minimum Gasteiger partial charge on any atom is -0.481 e. The number of nitrogens with zero attached hydrogens (tertiary/aromatic N) is 1. The first-order chi connectivity index (χ1) is 9.06. The molecule has 1 aliphatic carbocycles. The third-order valence-electron chi connectivity index (χ3n) is 3.60. The molecule has 1 saturated heterocycles. The number of thioether (sulfide) groups is 1. The maximum absolute atomic E-state index is 11.7. The Morgan fingerprint density at radius 2 is 2.21 bits per heavy atom. The molecule has 2 rings (SSSR count). The number of aliphatic carboxylic acids is 1. The lowest BCUT2D eigenvalue weighted by atomic mass is 10.1. The molecule has 2 amide bonds. The number of hydrogen-bond donors (Lipinski definition) is 2. The molecule has 2 aliphatic rings. The second-order valence-corrected chi connectivity index (χ2v) is 6.01. The molecule has 1 saturated carbocycles. The van der Waals surface area contributed by atoms with E-state index in [1.165, 1.54) is 11.8 Å². The van der Waals surface area contributed by atoms with Crippen LogP contribution in [0.5, 0.6) is 0 Å². The monoisotopic (exact) mass is 286 g/mol. The molecule has 2 fully saturated rings. The standard InChI is InChI=1S/C12H18N2O4S/c15-10(3-4-14-5-6-19-12(14)18)13-9-2-1-8(7-9)11(16)17/h8-9H,1-7H2,(H,13,15)(H,16,17). The first-order valence-electron chi connectivity index (χ1n) is 6.50. The predicted molar refractivity (Wildman–Crippen MR) is 71.0 cm³/mol. The van der Waals surface area contributed by atoms with Gasteiger partial charge in [0.1, 0.15) is 0 Å². The van der Waals surface area contributed by atoms with E-state index < -0.39 is 5.97 Å². The van der Waals surface area contributed by atoms with Gasteiger partial charge in [-0.05, 0) is 19.3 Å². The van der Waals surface area contributed by atoms with Crippen LogP contribution in [0.3, 0.4) is 0 Å². The number of carboxylic acid groups (broad SMARTS) is 1. The minimum absolute atomic E-state index is 0.0303. The number of carboxylic acids is 1. The molecule has 2 atom stereocenters. The topological polar surface area (TPSA) is 86.7 Å². The van der Waals surface area contributed by atoms with Gasteiger partial charge < -0.3 is 15.3 Å². The zero-order valence-corrected chi connectivity index (χ0v) is 11.4. The van der Waals surface area contributed by atoms with E-state index in [2.05, 4.69) is 5.32 Å². The van der Waals surface area contributed by atoms with Crippen LogP contribution in [0, 0.1) is 5.92 Å². The quantitative estimate of drug-likeness (QED) is 0.784. The van der Waals surface area contributed by atoms with Crippen molar-refractivity contribution in [3.05, 3.63) is 0 Å². The lowest BCUT2D eigenvalue weighted by molar-refractivity contribution is -0.141. The van der Waals surface area contributed by atoms with Crippen molar-refractivity contribution < 1.29 is 19.5 Å². The SMILES string of the molecule is O=C(CCN1CCSC1=O)NC1CCC(C(=O)O)C1. The zero-order chi connectivity index (χ0) is 13.8. The number of carbonyl (C=O) groups is 3. The summed E-state index contributed by atoms with van der Waals surface area (Å²) in [7, 11) is 0. The summed E-state index contributed by atoms with van der Waals surface area (Å²) in [5.41, 5.74) is 0. The fourth-order valence-corrected chi connectivity index (χ4v) is 3.35. The van der Waals surface area contributed by atoms with Gasteiger partial charge in [-0.2, -0.15) is 0 Å². The van der Waals surface area contributed by atoms with Gasteiger partial charge in [0.2, 0.25) is 5.91 Å². The van der Waals surface area contributed by atoms with Gasteiger partial charge in [-0.25, -0.2) is 0 Å². The third-order valence-corrected chi connectivity index (χ3v) is 4.49. The van der Waals surface area contributed by atoms with Gasteiger partial charge in [0.15, 0.2) is 0 Å². The summed E-state index contributed by atoms with van der Waals surface area (Å²) in [5, 5.41) is 11.8. The lowest BCUT2D eigenvalue weighted by Crippen LogP contribution is -2.36. The van der Waals surface area contributed by atoms with E-state index in [0.717, 1.165) is 12.2 Å². The molecule has 6 nitrogen and oxygen atoms in total. The summed E-state index contributed by atoms with van der Waals surface area (Å²) in [5.74, 6) is -0.414. The number of hydrogen-bond acceptors (Lipinski definition) is 4. The molecule has 1 heterocycles. The van der Waals surface area contributed by atoms with E-state index in [9.17, 15) is 14.4 Å². The van der Waals surface area contributed by atoms with Crippen molar-refractivity contribution in [3.8, 4) is 0 Å². The van der Waals surface area contributed by atoms with E-state index in [4.69, 9.17) is 5.11 Å². The van der Waals surface area contributed by atoms with Gasteiger partial charge in [-0.1, -0.05) is 11.8 Å². The normalized spacial score (nSPS) is 26.7. The molecule has 19 heavy (non-hydrogen) atoms. The first-order valence-corrected chi connectivity index (χ1v) is 7.48. The summed E-state index contributed by atoms with van der Waals surface area (Å²) in [4.78, 5) is 35.6. The molecule has 0 aromatic rings. The number of rotatable bonds is 5. The molecular formula is C12H18N2O4S. The van der Waals surface area contributed by atoms with Crippen LogP contribution in [0.2, 0.25) is 0 Å². The van der Waals surface area contributed by atoms with Crippen LogP contribution >= 0.6 is 11.8 Å². The largest absolute Gasteiger partial charge is 0.481 e. The van der Waals surface area contributed by atoms with Gasteiger partial charge >= 0.3 is 5.97 Å². The Kier molecular flexibility index (Phi) is 4.68. The van der Waals surface area contributed by atoms with Gasteiger partial charge in [0.25, 0.3) is 5.24 Å². The number of amides is 2. The average molecular weight is 286 g/mol. The Labute approximate surface area is 115 Å². The van der Waals surface area contributed by atoms with Crippen molar-refractivity contribution in [2.45, 2.75) is 31.7 Å². The molecule has 0 aromatic heterocycles. The number of carbonyl (C=O) groups excluding carboxylic acids is 2. The summed E-state index contributed by atoms with van der Waals surface area (Å²) in [6.07, 6.45) is 2.16. The minimum atomic E-state index is -0.781. The molecule has 0 aromatic carbocycles. The molecule has 2 N–H and O–H groups in total. The Morgan fingerprint density at radius 3 is 2.79 bits per heavy atom. The Morgan fingerprint density at radius 1 is 1.42 bits per heavy atom. The maximum atomic E-state index is 11.7. The second kappa shape index (κ2) is 6.27. The van der Waals surface area contributed by atoms with Crippen molar-refractivity contribution in [1.82, 2.24) is 10.2 Å². The van der Waals surface area contributed by atoms with Gasteiger partial charge in [0, 0.05) is 31.3 Å². The first kappa shape index (κ1) is 14.2. The Balaban J connectivity index is 1.67. The predicted octanol–water partition coefficient (Wildman–Crippen LogP) is 0.915. The summed E-state index contributed by atoms with van der Waals surface area (Å²) in [6.45, 7) is 1.16. The van der Waals surface area contributed by atoms with Gasteiger partial charge in [0.05, 0.1) is 5.92 Å². The highest BCUT2D eigenvalue weighted by Crippen LogP contribution is 2.25. The smallest absolute Gasteiger partial charge is 0.306 e. The Bertz CT molecular complexity index is 388. The molecule has 0 radical (unpaired) electrons. The highest BCUT2D eigenvalue weighted by Gasteiger charge is 2.30. The van der Waals surface area contributed by atoms with E-state index in [1.54, 1.807) is 4.90 Å². The van der Waals surface area contributed by atoms with Crippen LogP contribution in [0.15, 0.2) is 0 Å². The summed E-state index contributed by atoms with van der Waals surface area (Å²) < 4.78 is 0. The molecule has 0 spiro atoms. The van der Waals surface area contributed by atoms with Gasteiger partial charge in [-0.15, -0.1) is 0 Å². The van der Waals surface area contributed by atoms with Crippen molar-refractivity contribution in [2.24, 2.45) is 5.92 Å². The summed E-state index contributed by atoms with van der Waals surface area (Å²) >= 11 is 1.28. The fraction of sp³-hybridized carbons (Fsp3) is 0.750. The Hall–Kier alpha value is -1.24. The van der Waals surface area contributed by atoms with Crippen LogP contribution in [-0.4, -0.2) is 52.0 Å². The highest BCUT2D eigenvalue weighted by molar-refractivity contribution is 8.13. The average Bonchev–Trinajstić information content (AvgIpc) is 2.96. The van der Waals surface area contributed by atoms with Crippen molar-refractivity contribution in [2.75, 3.05) is 18.8 Å². The third kappa shape index (κ3) is 3.86. The van der Waals surface area contributed by atoms with E-state index in [0.29, 0.717) is 32.4 Å². The van der Waals surface area contributed by atoms with Crippen LogP contribution < -0.4 is 5.32 Å². The molecule has 2 unspecified atom stereocenters. The van der Waals surface area contributed by atoms with Crippen molar-refractivity contribution in [3.63, 3.8) is 0 Å². The van der Waals surface area contributed by atoms with Crippen LogP contribution in [0.25, 0.3) is 0 Å². The number of nitrogens with one attached hydrogen (secondary N) is 1. The second-order valence-electron chi connectivity index (χ2n) is 4.96. The lowest BCUT2D eigenvalue weighted by Gasteiger charge is -2.16.